The van der Waals surface area contributed by atoms with Crippen LogP contribution in [0.25, 0.3) is 0 Å². The van der Waals surface area contributed by atoms with Gasteiger partial charge in [-0.25, -0.2) is 0 Å². The quantitative estimate of drug-likeness (QED) is 0.564. The lowest BCUT2D eigenvalue weighted by Gasteiger charge is -2.00. The van der Waals surface area contributed by atoms with E-state index in [1.54, 1.807) is 7.11 Å². The summed E-state index contributed by atoms with van der Waals surface area (Å²) in [4.78, 5) is 0. The molecule has 0 aromatic rings. The maximum absolute atomic E-state index is 5.38. The minimum atomic E-state index is 0.675. The van der Waals surface area contributed by atoms with E-state index in [-0.39, 0.29) is 0 Å². The van der Waals surface area contributed by atoms with Gasteiger partial charge in [-0.2, -0.15) is 0 Å². The summed E-state index contributed by atoms with van der Waals surface area (Å²) in [6.07, 6.45) is 1.01. The molecule has 0 bridgehead atoms. The third-order valence-electron chi connectivity index (χ3n) is 0.942. The second-order valence-corrected chi connectivity index (χ2v) is 3.05. The summed E-state index contributed by atoms with van der Waals surface area (Å²) in [6.45, 7) is 2.14. The van der Waals surface area contributed by atoms with Crippen LogP contribution in [0.1, 0.15) is 6.42 Å². The molecule has 0 aliphatic heterocycles. The number of methoxy groups -OCH3 is 1. The molecule has 0 unspecified atom stereocenters. The lowest BCUT2D eigenvalue weighted by atomic mass is 10.5. The van der Waals surface area contributed by atoms with Gasteiger partial charge in [-0.3, -0.25) is 0 Å². The molecule has 0 saturated carbocycles. The van der Waals surface area contributed by atoms with Crippen molar-refractivity contribution in [3.8, 4) is 0 Å². The third kappa shape index (κ3) is 8.56. The molecule has 0 atom stereocenters. The molecular weight excluding hydrogens is 172 g/mol. The minimum absolute atomic E-state index is 0.675. The average molecular weight is 185 g/mol. The molecule has 0 saturated heterocycles. The van der Waals surface area contributed by atoms with E-state index in [9.17, 15) is 0 Å². The average Bonchev–Trinajstić information content (AvgIpc) is 1.97. The first-order valence-corrected chi connectivity index (χ1v) is 5.03. The Balaban J connectivity index is 2.65. The Morgan fingerprint density at radius 1 is 1.30 bits per heavy atom. The van der Waals surface area contributed by atoms with Crippen molar-refractivity contribution in [1.29, 1.82) is 0 Å². The zero-order valence-corrected chi connectivity index (χ0v) is 7.71. The second kappa shape index (κ2) is 9.56. The first kappa shape index (κ1) is 10.6. The van der Waals surface area contributed by atoms with Gasteiger partial charge in [0.15, 0.2) is 0 Å². The van der Waals surface area contributed by atoms with Crippen molar-refractivity contribution in [1.82, 2.24) is 0 Å². The van der Waals surface area contributed by atoms with Gasteiger partial charge in [0.05, 0.1) is 13.2 Å². The molecule has 0 spiro atoms. The van der Waals surface area contributed by atoms with E-state index in [4.69, 9.17) is 20.2 Å². The maximum atomic E-state index is 5.38. The summed E-state index contributed by atoms with van der Waals surface area (Å²) in [5, 5.41) is 0. The highest BCUT2D eigenvalue weighted by Crippen LogP contribution is 2.06. The van der Waals surface area contributed by atoms with Gasteiger partial charge in [-0.05, 0) is 17.1 Å². The first-order chi connectivity index (χ1) is 4.91. The number of halogens is 1. The van der Waals surface area contributed by atoms with E-state index in [0.717, 1.165) is 18.8 Å². The van der Waals surface area contributed by atoms with Crippen molar-refractivity contribution < 1.29 is 9.47 Å². The highest BCUT2D eigenvalue weighted by atomic mass is 35.7. The Labute approximate surface area is 70.7 Å². The van der Waals surface area contributed by atoms with E-state index in [0.29, 0.717) is 13.2 Å². The van der Waals surface area contributed by atoms with Gasteiger partial charge < -0.3 is 9.47 Å². The van der Waals surface area contributed by atoms with Crippen molar-refractivity contribution in [2.45, 2.75) is 6.42 Å². The molecule has 10 heavy (non-hydrogen) atoms. The van der Waals surface area contributed by atoms with E-state index in [2.05, 4.69) is 0 Å². The van der Waals surface area contributed by atoms with Crippen LogP contribution in [0.15, 0.2) is 0 Å². The summed E-state index contributed by atoms with van der Waals surface area (Å²) < 4.78 is 9.97. The lowest BCUT2D eigenvalue weighted by molar-refractivity contribution is 0.0714. The van der Waals surface area contributed by atoms with Crippen molar-refractivity contribution in [2.75, 3.05) is 32.7 Å². The molecule has 0 amide bonds. The molecule has 0 aromatic heterocycles. The van der Waals surface area contributed by atoms with Crippen LogP contribution in [0.3, 0.4) is 0 Å². The van der Waals surface area contributed by atoms with Gasteiger partial charge in [-0.15, -0.1) is 0 Å². The standard InChI is InChI=1S/C6H13ClO2S/c1-8-4-5-9-3-2-6-10-7/h2-6H2,1H3. The van der Waals surface area contributed by atoms with Crippen molar-refractivity contribution in [3.05, 3.63) is 0 Å². The van der Waals surface area contributed by atoms with E-state index in [1.165, 1.54) is 11.0 Å². The lowest BCUT2D eigenvalue weighted by Crippen LogP contribution is -2.03. The van der Waals surface area contributed by atoms with E-state index >= 15 is 0 Å². The fourth-order valence-electron chi connectivity index (χ4n) is 0.460. The smallest absolute Gasteiger partial charge is 0.0700 e. The predicted molar refractivity (Wildman–Crippen MR) is 45.6 cm³/mol. The summed E-state index contributed by atoms with van der Waals surface area (Å²) in [5.41, 5.74) is 0. The summed E-state index contributed by atoms with van der Waals surface area (Å²) in [5.74, 6) is 0.953. The van der Waals surface area contributed by atoms with Crippen LogP contribution < -0.4 is 0 Å². The molecule has 0 N–H and O–H groups in total. The fraction of sp³-hybridized carbons (Fsp3) is 1.00. The molecule has 2 nitrogen and oxygen atoms in total. The number of hydrogen-bond donors (Lipinski definition) is 0. The normalized spacial score (nSPS) is 10.2. The molecule has 0 fully saturated rings. The maximum Gasteiger partial charge on any atom is 0.0700 e. The van der Waals surface area contributed by atoms with Crippen molar-refractivity contribution in [2.24, 2.45) is 0 Å². The highest BCUT2D eigenvalue weighted by Gasteiger charge is 1.87. The Kier molecular flexibility index (Phi) is 10.1. The van der Waals surface area contributed by atoms with Crippen molar-refractivity contribution >= 4 is 21.7 Å². The van der Waals surface area contributed by atoms with Gasteiger partial charge in [0, 0.05) is 19.5 Å². The highest BCUT2D eigenvalue weighted by molar-refractivity contribution is 8.21. The summed E-state index contributed by atoms with van der Waals surface area (Å²) in [7, 11) is 8.37. The van der Waals surface area contributed by atoms with Crippen LogP contribution in [0.5, 0.6) is 0 Å². The molecule has 0 aliphatic carbocycles. The number of rotatable bonds is 7. The van der Waals surface area contributed by atoms with Gasteiger partial charge >= 0.3 is 0 Å². The van der Waals surface area contributed by atoms with Gasteiger partial charge in [0.1, 0.15) is 0 Å². The Bertz CT molecular complexity index is 55.7. The van der Waals surface area contributed by atoms with Gasteiger partial charge in [-0.1, -0.05) is 11.0 Å². The fourth-order valence-corrected chi connectivity index (χ4v) is 1.01. The van der Waals surface area contributed by atoms with Crippen molar-refractivity contribution in [3.63, 3.8) is 0 Å². The monoisotopic (exact) mass is 184 g/mol. The Morgan fingerprint density at radius 2 is 2.10 bits per heavy atom. The van der Waals surface area contributed by atoms with Crippen LogP contribution in [-0.4, -0.2) is 32.7 Å². The van der Waals surface area contributed by atoms with Crippen LogP contribution in [0, 0.1) is 0 Å². The van der Waals surface area contributed by atoms with Gasteiger partial charge in [0.2, 0.25) is 0 Å². The Hall–Kier alpha value is 0.560. The molecule has 62 valence electrons. The second-order valence-electron chi connectivity index (χ2n) is 1.77. The number of ether oxygens (including phenoxy) is 2. The minimum Gasteiger partial charge on any atom is -0.382 e. The third-order valence-corrected chi connectivity index (χ3v) is 1.85. The molecule has 0 aromatic carbocycles. The zero-order valence-electron chi connectivity index (χ0n) is 6.14. The predicted octanol–water partition coefficient (Wildman–Crippen LogP) is 1.93. The molecule has 0 rings (SSSR count). The zero-order chi connectivity index (χ0) is 7.66. The van der Waals surface area contributed by atoms with Crippen LogP contribution in [0.2, 0.25) is 0 Å². The van der Waals surface area contributed by atoms with E-state index < -0.39 is 0 Å². The largest absolute Gasteiger partial charge is 0.382 e. The summed E-state index contributed by atoms with van der Waals surface area (Å²) in [6, 6.07) is 0. The number of hydrogen-bond acceptors (Lipinski definition) is 3. The van der Waals surface area contributed by atoms with Crippen LogP contribution >= 0.6 is 21.7 Å². The SMILES string of the molecule is COCCOCCCSCl. The molecule has 4 heteroatoms. The Morgan fingerprint density at radius 3 is 2.70 bits per heavy atom. The van der Waals surface area contributed by atoms with Crippen LogP contribution in [-0.2, 0) is 9.47 Å². The first-order valence-electron chi connectivity index (χ1n) is 3.22. The molecule has 0 radical (unpaired) electrons. The topological polar surface area (TPSA) is 18.5 Å². The summed E-state index contributed by atoms with van der Waals surface area (Å²) >= 11 is 0. The molecule has 0 heterocycles. The van der Waals surface area contributed by atoms with Gasteiger partial charge in [0.25, 0.3) is 0 Å². The van der Waals surface area contributed by atoms with Crippen LogP contribution in [0.4, 0.5) is 0 Å². The van der Waals surface area contributed by atoms with E-state index in [1.807, 2.05) is 0 Å². The molecule has 0 aliphatic rings. The molecular formula is C6H13ClO2S.